The average molecular weight is 285 g/mol. The van der Waals surface area contributed by atoms with Crippen molar-refractivity contribution in [3.8, 4) is 0 Å². The predicted octanol–water partition coefficient (Wildman–Crippen LogP) is 4.59. The maximum Gasteiger partial charge on any atom is 0.130 e. The van der Waals surface area contributed by atoms with Crippen LogP contribution >= 0.6 is 11.3 Å². The molecule has 1 nitrogen and oxygen atoms in total. The minimum absolute atomic E-state index is 0.181. The monoisotopic (exact) mass is 285 g/mol. The Morgan fingerprint density at radius 1 is 1.15 bits per heavy atom. The molecule has 0 saturated carbocycles. The lowest BCUT2D eigenvalue weighted by Gasteiger charge is -2.13. The van der Waals surface area contributed by atoms with Crippen LogP contribution in [-0.4, -0.2) is 0 Å². The van der Waals surface area contributed by atoms with Crippen molar-refractivity contribution in [2.24, 2.45) is 5.73 Å². The molecule has 0 aliphatic carbocycles. The minimum Gasteiger partial charge on any atom is -0.324 e. The van der Waals surface area contributed by atoms with Crippen molar-refractivity contribution in [1.82, 2.24) is 0 Å². The van der Waals surface area contributed by atoms with Gasteiger partial charge in [0.1, 0.15) is 5.82 Å². The van der Waals surface area contributed by atoms with Crippen molar-refractivity contribution in [3.63, 3.8) is 0 Å². The second kappa shape index (κ2) is 5.35. The maximum atomic E-state index is 14.1. The molecule has 0 bridgehead atoms. The highest BCUT2D eigenvalue weighted by atomic mass is 32.1. The van der Waals surface area contributed by atoms with E-state index in [-0.39, 0.29) is 11.9 Å². The van der Waals surface area contributed by atoms with Gasteiger partial charge in [-0.2, -0.15) is 0 Å². The second-order valence-electron chi connectivity index (χ2n) is 5.05. The van der Waals surface area contributed by atoms with Gasteiger partial charge in [-0.15, -0.1) is 11.3 Å². The molecule has 102 valence electrons. The lowest BCUT2D eigenvalue weighted by atomic mass is 9.97. The van der Waals surface area contributed by atoms with Crippen LogP contribution in [0.2, 0.25) is 0 Å². The van der Waals surface area contributed by atoms with E-state index >= 15 is 0 Å². The smallest absolute Gasteiger partial charge is 0.130 e. The van der Waals surface area contributed by atoms with Crippen molar-refractivity contribution >= 4 is 21.4 Å². The van der Waals surface area contributed by atoms with Crippen molar-refractivity contribution in [1.29, 1.82) is 0 Å². The summed E-state index contributed by atoms with van der Waals surface area (Å²) in [5, 5.41) is 3.35. The fourth-order valence-corrected chi connectivity index (χ4v) is 3.47. The minimum atomic E-state index is -0.312. The highest BCUT2D eigenvalue weighted by Crippen LogP contribution is 2.29. The molecule has 3 heteroatoms. The zero-order valence-electron chi connectivity index (χ0n) is 11.3. The molecule has 2 N–H and O–H groups in total. The molecule has 3 aromatic rings. The number of halogens is 1. The number of hydrogen-bond donors (Lipinski definition) is 1. The first-order valence-electron chi connectivity index (χ1n) is 6.62. The Balaban J connectivity index is 1.92. The van der Waals surface area contributed by atoms with E-state index in [0.717, 1.165) is 0 Å². The van der Waals surface area contributed by atoms with Crippen molar-refractivity contribution in [3.05, 3.63) is 70.4 Å². The van der Waals surface area contributed by atoms with Crippen LogP contribution in [0.25, 0.3) is 10.1 Å². The lowest BCUT2D eigenvalue weighted by Crippen LogP contribution is -2.15. The summed E-state index contributed by atoms with van der Waals surface area (Å²) in [6.07, 6.45) is 0.657. The Kier molecular flexibility index (Phi) is 3.55. The number of nitrogens with two attached hydrogens (primary N) is 1. The lowest BCUT2D eigenvalue weighted by molar-refractivity contribution is 0.573. The maximum absolute atomic E-state index is 14.1. The van der Waals surface area contributed by atoms with Gasteiger partial charge in [-0.05, 0) is 41.3 Å². The van der Waals surface area contributed by atoms with Crippen molar-refractivity contribution < 1.29 is 4.39 Å². The summed E-state index contributed by atoms with van der Waals surface area (Å²) >= 11 is 1.71. The van der Waals surface area contributed by atoms with Crippen molar-refractivity contribution in [2.75, 3.05) is 0 Å². The molecular weight excluding hydrogens is 269 g/mol. The van der Waals surface area contributed by atoms with Gasteiger partial charge in [-0.1, -0.05) is 36.4 Å². The highest BCUT2D eigenvalue weighted by molar-refractivity contribution is 7.17. The quantitative estimate of drug-likeness (QED) is 0.748. The summed E-state index contributed by atoms with van der Waals surface area (Å²) in [6.45, 7) is 1.77. The largest absolute Gasteiger partial charge is 0.324 e. The van der Waals surface area contributed by atoms with Crippen LogP contribution in [0.1, 0.15) is 22.7 Å². The number of fused-ring (bicyclic) bond motifs is 1. The van der Waals surface area contributed by atoms with Crippen LogP contribution in [0.4, 0.5) is 4.39 Å². The number of rotatable bonds is 3. The molecular formula is C17H16FNS. The molecule has 2 aromatic carbocycles. The molecule has 1 heterocycles. The van der Waals surface area contributed by atoms with E-state index in [2.05, 4.69) is 17.5 Å². The van der Waals surface area contributed by atoms with E-state index < -0.39 is 0 Å². The molecule has 0 amide bonds. The van der Waals surface area contributed by atoms with Gasteiger partial charge in [0.15, 0.2) is 0 Å². The van der Waals surface area contributed by atoms with Crippen LogP contribution in [0.3, 0.4) is 0 Å². The van der Waals surface area contributed by atoms with Crippen LogP contribution in [0, 0.1) is 12.7 Å². The second-order valence-corrected chi connectivity index (χ2v) is 5.96. The molecule has 3 rings (SSSR count). The summed E-state index contributed by atoms with van der Waals surface area (Å²) in [5.74, 6) is -0.181. The fourth-order valence-electron chi connectivity index (χ4n) is 2.49. The number of thiophene rings is 1. The Hall–Kier alpha value is -1.71. The van der Waals surface area contributed by atoms with E-state index in [1.165, 1.54) is 15.6 Å². The average Bonchev–Trinajstić information content (AvgIpc) is 2.85. The van der Waals surface area contributed by atoms with E-state index in [1.54, 1.807) is 30.4 Å². The third-order valence-electron chi connectivity index (χ3n) is 3.62. The van der Waals surface area contributed by atoms with Gasteiger partial charge in [-0.3, -0.25) is 0 Å². The van der Waals surface area contributed by atoms with Gasteiger partial charge in [-0.25, -0.2) is 4.39 Å². The SMILES string of the molecule is Cc1cccc(C(N)Cc2csc3ccccc23)c1F. The van der Waals surface area contributed by atoms with E-state index in [9.17, 15) is 4.39 Å². The summed E-state index contributed by atoms with van der Waals surface area (Å²) in [7, 11) is 0. The molecule has 0 spiro atoms. The molecule has 20 heavy (non-hydrogen) atoms. The fraction of sp³-hybridized carbons (Fsp3) is 0.176. The van der Waals surface area contributed by atoms with Gasteiger partial charge in [0.05, 0.1) is 0 Å². The van der Waals surface area contributed by atoms with Gasteiger partial charge < -0.3 is 5.73 Å². The van der Waals surface area contributed by atoms with Crippen molar-refractivity contribution in [2.45, 2.75) is 19.4 Å². The summed E-state index contributed by atoms with van der Waals surface area (Å²) in [4.78, 5) is 0. The Bertz CT molecular complexity index is 748. The normalized spacial score (nSPS) is 12.8. The molecule has 0 saturated heterocycles. The zero-order valence-corrected chi connectivity index (χ0v) is 12.1. The van der Waals surface area contributed by atoms with Crippen LogP contribution in [-0.2, 0) is 6.42 Å². The van der Waals surface area contributed by atoms with Gasteiger partial charge in [0.25, 0.3) is 0 Å². The van der Waals surface area contributed by atoms with Crippen LogP contribution in [0.15, 0.2) is 47.8 Å². The first-order chi connectivity index (χ1) is 9.66. The molecule has 0 fully saturated rings. The molecule has 0 aliphatic rings. The molecule has 1 aromatic heterocycles. The Morgan fingerprint density at radius 3 is 2.80 bits per heavy atom. The summed E-state index contributed by atoms with van der Waals surface area (Å²) < 4.78 is 15.4. The summed E-state index contributed by atoms with van der Waals surface area (Å²) in [5.41, 5.74) is 8.65. The number of benzene rings is 2. The van der Waals surface area contributed by atoms with E-state index in [4.69, 9.17) is 5.73 Å². The highest BCUT2D eigenvalue weighted by Gasteiger charge is 2.15. The van der Waals surface area contributed by atoms with E-state index in [0.29, 0.717) is 17.5 Å². The van der Waals surface area contributed by atoms with Gasteiger partial charge in [0.2, 0.25) is 0 Å². The topological polar surface area (TPSA) is 26.0 Å². The van der Waals surface area contributed by atoms with Gasteiger partial charge >= 0.3 is 0 Å². The number of aryl methyl sites for hydroxylation is 1. The first-order valence-corrected chi connectivity index (χ1v) is 7.50. The van der Waals surface area contributed by atoms with Crippen LogP contribution < -0.4 is 5.73 Å². The first kappa shape index (κ1) is 13.3. The van der Waals surface area contributed by atoms with E-state index in [1.807, 2.05) is 18.2 Å². The number of hydrogen-bond acceptors (Lipinski definition) is 2. The standard InChI is InChI=1S/C17H16FNS/c1-11-5-4-7-14(17(11)18)15(19)9-12-10-20-16-8-3-2-6-13(12)16/h2-8,10,15H,9,19H2,1H3. The molecule has 1 unspecified atom stereocenters. The third-order valence-corrected chi connectivity index (χ3v) is 4.63. The molecule has 1 atom stereocenters. The Morgan fingerprint density at radius 2 is 1.95 bits per heavy atom. The third kappa shape index (κ3) is 2.35. The zero-order chi connectivity index (χ0) is 14.1. The van der Waals surface area contributed by atoms with Gasteiger partial charge in [0, 0.05) is 16.3 Å². The Labute approximate surface area is 121 Å². The molecule has 0 aliphatic heterocycles. The predicted molar refractivity (Wildman–Crippen MR) is 83.6 cm³/mol. The van der Waals surface area contributed by atoms with Crippen LogP contribution in [0.5, 0.6) is 0 Å². The summed E-state index contributed by atoms with van der Waals surface area (Å²) in [6, 6.07) is 13.3. The molecule has 0 radical (unpaired) electrons.